The fraction of sp³-hybridized carbons (Fsp3) is 0.111. The van der Waals surface area contributed by atoms with Crippen molar-refractivity contribution < 1.29 is 4.74 Å². The Morgan fingerprint density at radius 2 is 1.80 bits per heavy atom. The van der Waals surface area contributed by atoms with Crippen LogP contribution in [0.2, 0.25) is 0 Å². The first-order chi connectivity index (χ1) is 9.72. The van der Waals surface area contributed by atoms with E-state index in [9.17, 15) is 0 Å². The van der Waals surface area contributed by atoms with Crippen LogP contribution in [0.15, 0.2) is 54.6 Å². The first-order valence-electron chi connectivity index (χ1n) is 6.62. The van der Waals surface area contributed by atoms with Crippen LogP contribution in [0, 0.1) is 13.8 Å². The van der Waals surface area contributed by atoms with Crippen LogP contribution >= 0.6 is 0 Å². The van der Waals surface area contributed by atoms with Gasteiger partial charge in [-0.2, -0.15) is 0 Å². The van der Waals surface area contributed by atoms with Gasteiger partial charge in [-0.3, -0.25) is 4.98 Å². The van der Waals surface area contributed by atoms with E-state index in [1.807, 2.05) is 49.4 Å². The number of fused-ring (bicyclic) bond motifs is 1. The van der Waals surface area contributed by atoms with Crippen molar-refractivity contribution in [1.82, 2.24) is 4.98 Å². The summed E-state index contributed by atoms with van der Waals surface area (Å²) in [5, 5.41) is 1.15. The fourth-order valence-electron chi connectivity index (χ4n) is 2.26. The maximum Gasteiger partial charge on any atom is 0.119 e. The third-order valence-electron chi connectivity index (χ3n) is 3.25. The highest BCUT2D eigenvalue weighted by atomic mass is 16.5. The van der Waals surface area contributed by atoms with Crippen molar-refractivity contribution in [3.63, 3.8) is 0 Å². The summed E-state index contributed by atoms with van der Waals surface area (Å²) in [6.07, 6.45) is 0. The molecule has 2 aromatic carbocycles. The summed E-state index contributed by atoms with van der Waals surface area (Å²) in [6.45, 7) is 6.42. The van der Waals surface area contributed by atoms with Crippen LogP contribution in [0.3, 0.4) is 0 Å². The van der Waals surface area contributed by atoms with E-state index < -0.39 is 0 Å². The van der Waals surface area contributed by atoms with Crippen molar-refractivity contribution in [2.24, 2.45) is 0 Å². The minimum absolute atomic E-state index is 0.542. The molecule has 3 rings (SSSR count). The number of para-hydroxylation sites is 1. The molecule has 3 aromatic rings. The number of pyridine rings is 1. The van der Waals surface area contributed by atoms with Crippen LogP contribution in [0.5, 0.6) is 5.75 Å². The summed E-state index contributed by atoms with van der Waals surface area (Å²) in [6, 6.07) is 18.0. The van der Waals surface area contributed by atoms with Crippen LogP contribution in [0.25, 0.3) is 10.9 Å². The number of rotatable bonds is 3. The zero-order valence-electron chi connectivity index (χ0n) is 11.5. The molecule has 1 radical (unpaired) electrons. The molecule has 1 aromatic heterocycles. The zero-order valence-corrected chi connectivity index (χ0v) is 11.5. The van der Waals surface area contributed by atoms with E-state index in [0.717, 1.165) is 33.5 Å². The summed E-state index contributed by atoms with van der Waals surface area (Å²) in [5.41, 5.74) is 4.17. The molecule has 0 saturated carbocycles. The summed E-state index contributed by atoms with van der Waals surface area (Å²) >= 11 is 0. The van der Waals surface area contributed by atoms with E-state index in [0.29, 0.717) is 6.61 Å². The molecule has 0 N–H and O–H groups in total. The molecule has 0 bridgehead atoms. The number of benzene rings is 2. The molecule has 0 saturated heterocycles. The van der Waals surface area contributed by atoms with Gasteiger partial charge >= 0.3 is 0 Å². The molecule has 1 heterocycles. The molecule has 2 heteroatoms. The molecule has 0 aliphatic carbocycles. The standard InChI is InChI=1S/C18H16NO/c1-13-7-9-16(10-8-13)20-12-15-11-14(2)19-18-6-4-3-5-17(15)18/h3-11H,1,12H2,2H3. The molecule has 0 spiro atoms. The molecule has 0 amide bonds. The fourth-order valence-corrected chi connectivity index (χ4v) is 2.26. The second-order valence-corrected chi connectivity index (χ2v) is 4.87. The van der Waals surface area contributed by atoms with E-state index in [1.54, 1.807) is 0 Å². The predicted octanol–water partition coefficient (Wildman–Crippen LogP) is 4.30. The quantitative estimate of drug-likeness (QED) is 0.702. The minimum Gasteiger partial charge on any atom is -0.489 e. The van der Waals surface area contributed by atoms with Gasteiger partial charge in [0.25, 0.3) is 0 Å². The lowest BCUT2D eigenvalue weighted by Crippen LogP contribution is -1.98. The third kappa shape index (κ3) is 2.64. The molecular formula is C18H16NO. The molecule has 2 nitrogen and oxygen atoms in total. The molecular weight excluding hydrogens is 246 g/mol. The van der Waals surface area contributed by atoms with E-state index in [4.69, 9.17) is 4.74 Å². The largest absolute Gasteiger partial charge is 0.489 e. The van der Waals surface area contributed by atoms with Crippen molar-refractivity contribution in [1.29, 1.82) is 0 Å². The van der Waals surface area contributed by atoms with Crippen molar-refractivity contribution in [3.8, 4) is 5.75 Å². The van der Waals surface area contributed by atoms with E-state index >= 15 is 0 Å². The molecule has 0 aliphatic heterocycles. The van der Waals surface area contributed by atoms with E-state index in [1.165, 1.54) is 0 Å². The third-order valence-corrected chi connectivity index (χ3v) is 3.25. The second-order valence-electron chi connectivity index (χ2n) is 4.87. The zero-order chi connectivity index (χ0) is 13.9. The van der Waals surface area contributed by atoms with Gasteiger partial charge in [0, 0.05) is 16.6 Å². The van der Waals surface area contributed by atoms with Gasteiger partial charge in [-0.25, -0.2) is 0 Å². The van der Waals surface area contributed by atoms with Crippen LogP contribution < -0.4 is 4.74 Å². The first kappa shape index (κ1) is 12.7. The van der Waals surface area contributed by atoms with Crippen LogP contribution in [-0.2, 0) is 6.61 Å². The van der Waals surface area contributed by atoms with Gasteiger partial charge in [0.15, 0.2) is 0 Å². The average Bonchev–Trinajstić information content (AvgIpc) is 2.46. The maximum absolute atomic E-state index is 5.85. The number of aromatic nitrogens is 1. The first-order valence-corrected chi connectivity index (χ1v) is 6.62. The minimum atomic E-state index is 0.542. The molecule has 0 unspecified atom stereocenters. The Morgan fingerprint density at radius 3 is 2.60 bits per heavy atom. The highest BCUT2D eigenvalue weighted by Gasteiger charge is 2.04. The van der Waals surface area contributed by atoms with Gasteiger partial charge in [-0.15, -0.1) is 0 Å². The van der Waals surface area contributed by atoms with Gasteiger partial charge in [0.05, 0.1) is 5.52 Å². The molecule has 0 aliphatic rings. The lowest BCUT2D eigenvalue weighted by atomic mass is 10.1. The monoisotopic (exact) mass is 262 g/mol. The Balaban J connectivity index is 1.88. The Bertz CT molecular complexity index is 732. The van der Waals surface area contributed by atoms with Gasteiger partial charge < -0.3 is 4.74 Å². The highest BCUT2D eigenvalue weighted by Crippen LogP contribution is 2.20. The van der Waals surface area contributed by atoms with Crippen molar-refractivity contribution in [3.05, 3.63) is 78.3 Å². The number of hydrogen-bond acceptors (Lipinski definition) is 2. The SMILES string of the molecule is [CH2]c1ccc(OCc2cc(C)nc3ccccc23)cc1. The van der Waals surface area contributed by atoms with Gasteiger partial charge in [0.1, 0.15) is 12.4 Å². The Labute approximate surface area is 119 Å². The van der Waals surface area contributed by atoms with Crippen molar-refractivity contribution >= 4 is 10.9 Å². The summed E-state index contributed by atoms with van der Waals surface area (Å²) in [4.78, 5) is 4.54. The van der Waals surface area contributed by atoms with E-state index in [2.05, 4.69) is 24.0 Å². The Hall–Kier alpha value is -2.35. The highest BCUT2D eigenvalue weighted by molar-refractivity contribution is 5.82. The maximum atomic E-state index is 5.85. The average molecular weight is 262 g/mol. The normalized spacial score (nSPS) is 10.7. The smallest absolute Gasteiger partial charge is 0.119 e. The van der Waals surface area contributed by atoms with Gasteiger partial charge in [0.2, 0.25) is 0 Å². The lowest BCUT2D eigenvalue weighted by molar-refractivity contribution is 0.307. The number of aryl methyl sites for hydroxylation is 1. The molecule has 0 fully saturated rings. The van der Waals surface area contributed by atoms with Crippen LogP contribution in [0.1, 0.15) is 16.8 Å². The number of ether oxygens (including phenoxy) is 1. The predicted molar refractivity (Wildman–Crippen MR) is 81.7 cm³/mol. The summed E-state index contributed by atoms with van der Waals surface area (Å²) < 4.78 is 5.85. The number of hydrogen-bond donors (Lipinski definition) is 0. The van der Waals surface area contributed by atoms with Crippen molar-refractivity contribution in [2.75, 3.05) is 0 Å². The summed E-state index contributed by atoms with van der Waals surface area (Å²) in [7, 11) is 0. The Kier molecular flexibility index (Phi) is 3.38. The molecule has 20 heavy (non-hydrogen) atoms. The van der Waals surface area contributed by atoms with Crippen LogP contribution in [0.4, 0.5) is 0 Å². The topological polar surface area (TPSA) is 22.1 Å². The molecule has 0 atom stereocenters. The second kappa shape index (κ2) is 5.33. The Morgan fingerprint density at radius 1 is 1.05 bits per heavy atom. The summed E-state index contributed by atoms with van der Waals surface area (Å²) in [5.74, 6) is 0.857. The van der Waals surface area contributed by atoms with Gasteiger partial charge in [-0.05, 0) is 43.7 Å². The van der Waals surface area contributed by atoms with Crippen molar-refractivity contribution in [2.45, 2.75) is 13.5 Å². The molecule has 99 valence electrons. The van der Waals surface area contributed by atoms with Gasteiger partial charge in [-0.1, -0.05) is 30.3 Å². The van der Waals surface area contributed by atoms with Crippen LogP contribution in [-0.4, -0.2) is 4.98 Å². The van der Waals surface area contributed by atoms with E-state index in [-0.39, 0.29) is 0 Å². The lowest BCUT2D eigenvalue weighted by Gasteiger charge is -2.10. The number of nitrogens with zero attached hydrogens (tertiary/aromatic N) is 1.